The molecule has 1 atom stereocenters. The van der Waals surface area contributed by atoms with Crippen molar-refractivity contribution in [3.8, 4) is 0 Å². The van der Waals surface area contributed by atoms with E-state index in [-0.39, 0.29) is 18.3 Å². The van der Waals surface area contributed by atoms with Gasteiger partial charge in [-0.15, -0.1) is 0 Å². The van der Waals surface area contributed by atoms with Crippen LogP contribution in [0, 0.1) is 11.7 Å². The van der Waals surface area contributed by atoms with E-state index in [1.807, 2.05) is 11.0 Å². The van der Waals surface area contributed by atoms with E-state index < -0.39 is 0 Å². The lowest BCUT2D eigenvalue weighted by molar-refractivity contribution is 0.199. The van der Waals surface area contributed by atoms with Crippen LogP contribution < -0.4 is 10.2 Å². The zero-order valence-electron chi connectivity index (χ0n) is 11.9. The highest BCUT2D eigenvalue weighted by Gasteiger charge is 2.25. The van der Waals surface area contributed by atoms with Gasteiger partial charge >= 0.3 is 0 Å². The fourth-order valence-electron chi connectivity index (χ4n) is 2.64. The van der Waals surface area contributed by atoms with Gasteiger partial charge in [0.05, 0.1) is 12.3 Å². The molecule has 2 N–H and O–H groups in total. The van der Waals surface area contributed by atoms with Crippen LogP contribution in [0.4, 0.5) is 10.1 Å². The zero-order valence-corrected chi connectivity index (χ0v) is 11.9. The fourth-order valence-corrected chi connectivity index (χ4v) is 2.64. The Hall–Kier alpha value is -1.17. The van der Waals surface area contributed by atoms with E-state index in [0.29, 0.717) is 18.8 Å². The lowest BCUT2D eigenvalue weighted by Gasteiger charge is -2.23. The maximum absolute atomic E-state index is 14.2. The SMILES string of the molecule is COCCNCc1cccc(F)c1N1CCC(CO)C1. The standard InChI is InChI=1S/C15H23FN2O2/c1-20-8-6-17-9-13-3-2-4-14(16)15(13)18-7-5-12(10-18)11-19/h2-4,12,17,19H,5-11H2,1H3. The summed E-state index contributed by atoms with van der Waals surface area (Å²) in [6.07, 6.45) is 0.918. The lowest BCUT2D eigenvalue weighted by atomic mass is 10.1. The predicted molar refractivity (Wildman–Crippen MR) is 77.4 cm³/mol. The molecular formula is C15H23FN2O2. The van der Waals surface area contributed by atoms with Gasteiger partial charge in [0.15, 0.2) is 0 Å². The minimum atomic E-state index is -0.186. The number of halogens is 1. The molecule has 0 aromatic heterocycles. The van der Waals surface area contributed by atoms with E-state index in [1.54, 1.807) is 13.2 Å². The van der Waals surface area contributed by atoms with E-state index in [0.717, 1.165) is 31.6 Å². The third-order valence-corrected chi connectivity index (χ3v) is 3.73. The van der Waals surface area contributed by atoms with Gasteiger partial charge in [0.25, 0.3) is 0 Å². The summed E-state index contributed by atoms with van der Waals surface area (Å²) < 4.78 is 19.1. The molecule has 1 aromatic rings. The molecule has 1 aliphatic rings. The van der Waals surface area contributed by atoms with Gasteiger partial charge in [-0.1, -0.05) is 12.1 Å². The van der Waals surface area contributed by atoms with E-state index in [1.165, 1.54) is 6.07 Å². The number of aliphatic hydroxyl groups excluding tert-OH is 1. The summed E-state index contributed by atoms with van der Waals surface area (Å²) >= 11 is 0. The second-order valence-electron chi connectivity index (χ2n) is 5.20. The molecule has 0 spiro atoms. The summed E-state index contributed by atoms with van der Waals surface area (Å²) in [5.74, 6) is 0.0681. The molecule has 0 amide bonds. The molecule has 1 fully saturated rings. The van der Waals surface area contributed by atoms with Crippen molar-refractivity contribution in [2.45, 2.75) is 13.0 Å². The monoisotopic (exact) mass is 282 g/mol. The summed E-state index contributed by atoms with van der Waals surface area (Å²) in [6, 6.07) is 5.19. The number of ether oxygens (including phenoxy) is 1. The largest absolute Gasteiger partial charge is 0.396 e. The molecule has 1 saturated heterocycles. The molecule has 1 heterocycles. The van der Waals surface area contributed by atoms with Gasteiger partial charge in [-0.25, -0.2) is 4.39 Å². The second-order valence-corrected chi connectivity index (χ2v) is 5.20. The highest BCUT2D eigenvalue weighted by Crippen LogP contribution is 2.29. The maximum Gasteiger partial charge on any atom is 0.146 e. The second kappa shape index (κ2) is 7.57. The van der Waals surface area contributed by atoms with E-state index in [4.69, 9.17) is 4.74 Å². The summed E-state index contributed by atoms with van der Waals surface area (Å²) in [6.45, 7) is 3.70. The van der Waals surface area contributed by atoms with Gasteiger partial charge in [-0.3, -0.25) is 0 Å². The van der Waals surface area contributed by atoms with Crippen LogP contribution >= 0.6 is 0 Å². The highest BCUT2D eigenvalue weighted by molar-refractivity contribution is 5.55. The van der Waals surface area contributed by atoms with Crippen molar-refractivity contribution in [2.75, 3.05) is 44.9 Å². The lowest BCUT2D eigenvalue weighted by Crippen LogP contribution is -2.25. The first kappa shape index (κ1) is 15.2. The summed E-state index contributed by atoms with van der Waals surface area (Å²) in [7, 11) is 1.66. The Labute approximate surface area is 119 Å². The molecule has 2 rings (SSSR count). The minimum absolute atomic E-state index is 0.173. The molecule has 1 aliphatic heterocycles. The van der Waals surface area contributed by atoms with Gasteiger partial charge in [-0.05, 0) is 18.1 Å². The van der Waals surface area contributed by atoms with Crippen LogP contribution in [0.25, 0.3) is 0 Å². The smallest absolute Gasteiger partial charge is 0.146 e. The Morgan fingerprint density at radius 1 is 1.50 bits per heavy atom. The van der Waals surface area contributed by atoms with Crippen LogP contribution in [0.5, 0.6) is 0 Å². The first-order chi connectivity index (χ1) is 9.76. The van der Waals surface area contributed by atoms with Gasteiger partial charge in [-0.2, -0.15) is 0 Å². The molecule has 1 aromatic carbocycles. The highest BCUT2D eigenvalue weighted by atomic mass is 19.1. The average Bonchev–Trinajstić information content (AvgIpc) is 2.92. The Morgan fingerprint density at radius 3 is 3.05 bits per heavy atom. The zero-order chi connectivity index (χ0) is 14.4. The number of methoxy groups -OCH3 is 1. The Morgan fingerprint density at radius 2 is 2.35 bits per heavy atom. The van der Waals surface area contributed by atoms with Crippen molar-refractivity contribution in [3.05, 3.63) is 29.6 Å². The molecule has 0 radical (unpaired) electrons. The summed E-state index contributed by atoms with van der Waals surface area (Å²) in [5, 5.41) is 12.5. The van der Waals surface area contributed by atoms with Crippen molar-refractivity contribution < 1.29 is 14.2 Å². The minimum Gasteiger partial charge on any atom is -0.396 e. The quantitative estimate of drug-likeness (QED) is 0.742. The predicted octanol–water partition coefficient (Wildman–Crippen LogP) is 1.38. The molecular weight excluding hydrogens is 259 g/mol. The topological polar surface area (TPSA) is 44.7 Å². The molecule has 1 unspecified atom stereocenters. The molecule has 4 nitrogen and oxygen atoms in total. The van der Waals surface area contributed by atoms with E-state index in [2.05, 4.69) is 5.32 Å². The van der Waals surface area contributed by atoms with Crippen molar-refractivity contribution >= 4 is 5.69 Å². The fraction of sp³-hybridized carbons (Fsp3) is 0.600. The first-order valence-corrected chi connectivity index (χ1v) is 7.09. The number of nitrogens with one attached hydrogen (secondary N) is 1. The van der Waals surface area contributed by atoms with Gasteiger partial charge < -0.3 is 20.1 Å². The number of anilines is 1. The van der Waals surface area contributed by atoms with Crippen molar-refractivity contribution in [3.63, 3.8) is 0 Å². The first-order valence-electron chi connectivity index (χ1n) is 7.09. The number of benzene rings is 1. The third-order valence-electron chi connectivity index (χ3n) is 3.73. The van der Waals surface area contributed by atoms with Crippen LogP contribution in [0.2, 0.25) is 0 Å². The van der Waals surface area contributed by atoms with Gasteiger partial charge in [0, 0.05) is 45.8 Å². The van der Waals surface area contributed by atoms with Crippen LogP contribution in [-0.4, -0.2) is 45.1 Å². The van der Waals surface area contributed by atoms with Crippen LogP contribution in [-0.2, 0) is 11.3 Å². The molecule has 5 heteroatoms. The maximum atomic E-state index is 14.2. The molecule has 112 valence electrons. The number of para-hydroxylation sites is 1. The normalized spacial score (nSPS) is 18.8. The van der Waals surface area contributed by atoms with E-state index in [9.17, 15) is 9.50 Å². The molecule has 0 aliphatic carbocycles. The van der Waals surface area contributed by atoms with Crippen molar-refractivity contribution in [2.24, 2.45) is 5.92 Å². The Kier molecular flexibility index (Phi) is 5.76. The number of rotatable bonds is 7. The number of hydrogen-bond donors (Lipinski definition) is 2. The van der Waals surface area contributed by atoms with Gasteiger partial charge in [0.2, 0.25) is 0 Å². The molecule has 0 saturated carbocycles. The van der Waals surface area contributed by atoms with E-state index >= 15 is 0 Å². The molecule has 0 bridgehead atoms. The number of nitrogens with zero attached hydrogens (tertiary/aromatic N) is 1. The van der Waals surface area contributed by atoms with Gasteiger partial charge in [0.1, 0.15) is 5.82 Å². The average molecular weight is 282 g/mol. The van der Waals surface area contributed by atoms with Crippen molar-refractivity contribution in [1.82, 2.24) is 5.32 Å². The van der Waals surface area contributed by atoms with Crippen LogP contribution in [0.3, 0.4) is 0 Å². The van der Waals surface area contributed by atoms with Crippen molar-refractivity contribution in [1.29, 1.82) is 0 Å². The van der Waals surface area contributed by atoms with Crippen LogP contribution in [0.1, 0.15) is 12.0 Å². The summed E-state index contributed by atoms with van der Waals surface area (Å²) in [4.78, 5) is 2.05. The van der Waals surface area contributed by atoms with Crippen LogP contribution in [0.15, 0.2) is 18.2 Å². The summed E-state index contributed by atoms with van der Waals surface area (Å²) in [5.41, 5.74) is 1.63. The number of aliphatic hydroxyl groups is 1. The molecule has 20 heavy (non-hydrogen) atoms. The Bertz CT molecular complexity index is 428. The third kappa shape index (κ3) is 3.69. The number of hydrogen-bond acceptors (Lipinski definition) is 4. The Balaban J connectivity index is 2.06.